The van der Waals surface area contributed by atoms with E-state index in [0.29, 0.717) is 42.3 Å². The fraction of sp³-hybridized carbons (Fsp3) is 0.459. The lowest BCUT2D eigenvalue weighted by molar-refractivity contribution is -0.132. The smallest absolute Gasteiger partial charge is 0.411 e. The second kappa shape index (κ2) is 15.4. The van der Waals surface area contributed by atoms with Crippen LogP contribution >= 0.6 is 0 Å². The first-order valence-corrected chi connectivity index (χ1v) is 19.0. The lowest BCUT2D eigenvalue weighted by atomic mass is 9.87. The third-order valence-electron chi connectivity index (χ3n) is 9.94. The molecule has 2 saturated heterocycles. The van der Waals surface area contributed by atoms with E-state index in [-0.39, 0.29) is 52.1 Å². The van der Waals surface area contributed by atoms with Gasteiger partial charge in [0.25, 0.3) is 21.5 Å². The number of rotatable bonds is 11. The predicted octanol–water partition coefficient (Wildman–Crippen LogP) is 3.98. The molecule has 0 saturated carbocycles. The van der Waals surface area contributed by atoms with Gasteiger partial charge in [-0.2, -0.15) is 9.57 Å². The largest absolute Gasteiger partial charge is 0.497 e. The number of nitriles is 1. The monoisotopic (exact) mass is 732 g/mol. The van der Waals surface area contributed by atoms with Crippen molar-refractivity contribution in [1.29, 1.82) is 5.26 Å². The van der Waals surface area contributed by atoms with Crippen molar-refractivity contribution >= 4 is 27.7 Å². The molecule has 0 aliphatic carbocycles. The number of hydrogen-bond donors (Lipinski definition) is 0. The van der Waals surface area contributed by atoms with Crippen LogP contribution in [0, 0.1) is 11.3 Å². The second-order valence-corrected chi connectivity index (χ2v) is 14.4. The molecule has 1 aromatic heterocycles. The number of pyridine rings is 1. The highest BCUT2D eigenvalue weighted by Crippen LogP contribution is 2.52. The lowest BCUT2D eigenvalue weighted by Gasteiger charge is -2.43. The maximum absolute atomic E-state index is 15.2. The Hall–Kier alpha value is -4.91. The zero-order valence-corrected chi connectivity index (χ0v) is 30.7. The van der Waals surface area contributed by atoms with E-state index in [1.807, 2.05) is 0 Å². The number of carbonyl (C=O) groups excluding carboxylic acids is 2. The van der Waals surface area contributed by atoms with Gasteiger partial charge in [0.1, 0.15) is 16.4 Å². The number of nitrogens with zero attached hydrogens (tertiary/aromatic N) is 6. The third kappa shape index (κ3) is 6.62. The summed E-state index contributed by atoms with van der Waals surface area (Å²) in [6.07, 6.45) is 2.75. The van der Waals surface area contributed by atoms with Crippen LogP contribution in [-0.2, 0) is 25.2 Å². The first kappa shape index (κ1) is 36.9. The number of ether oxygens (including phenoxy) is 4. The fourth-order valence-corrected chi connectivity index (χ4v) is 8.83. The first-order chi connectivity index (χ1) is 25.1. The van der Waals surface area contributed by atoms with Crippen molar-refractivity contribution in [2.75, 3.05) is 70.4 Å². The molecule has 0 radical (unpaired) electrons. The Bertz CT molecular complexity index is 1950. The van der Waals surface area contributed by atoms with Crippen LogP contribution in [0.5, 0.6) is 17.4 Å². The number of piperidine rings is 1. The molecule has 3 aliphatic rings. The highest BCUT2D eigenvalue weighted by Gasteiger charge is 2.61. The van der Waals surface area contributed by atoms with E-state index in [9.17, 15) is 18.5 Å². The number of carbonyl (C=O) groups is 2. The van der Waals surface area contributed by atoms with Crippen molar-refractivity contribution in [3.63, 3.8) is 0 Å². The van der Waals surface area contributed by atoms with Gasteiger partial charge in [-0.05, 0) is 88.8 Å². The molecule has 3 aliphatic heterocycles. The number of amides is 2. The average Bonchev–Trinajstić information content (AvgIpc) is 3.42. The number of fused-ring (bicyclic) bond motifs is 1. The topological polar surface area (TPSA) is 155 Å². The van der Waals surface area contributed by atoms with Crippen LogP contribution in [0.2, 0.25) is 0 Å². The second-order valence-electron chi connectivity index (χ2n) is 12.7. The minimum absolute atomic E-state index is 0.0183. The number of piperazine rings is 1. The Morgan fingerprint density at radius 3 is 2.35 bits per heavy atom. The SMILES string of the molecule is CCOc1cc(OC)ccc1S(=O)(=O)N1C(=O)C(OC(=O)N2CCN(C3CCN(CC)CC3)CC2)(c2cccnc2OCC)c2cc(C#N)ccc21. The molecule has 2 amide bonds. The Labute approximate surface area is 304 Å². The van der Waals surface area contributed by atoms with E-state index in [2.05, 4.69) is 27.8 Å². The van der Waals surface area contributed by atoms with Gasteiger partial charge in [-0.1, -0.05) is 6.92 Å². The fourth-order valence-electron chi connectivity index (χ4n) is 7.26. The van der Waals surface area contributed by atoms with Crippen molar-refractivity contribution in [3.8, 4) is 23.4 Å². The summed E-state index contributed by atoms with van der Waals surface area (Å²) in [5.74, 6) is -0.810. The lowest BCUT2D eigenvalue weighted by Crippen LogP contribution is -2.56. The van der Waals surface area contributed by atoms with Crippen molar-refractivity contribution < 1.29 is 37.0 Å². The average molecular weight is 733 g/mol. The summed E-state index contributed by atoms with van der Waals surface area (Å²) in [4.78, 5) is 39.9. The van der Waals surface area contributed by atoms with Crippen molar-refractivity contribution in [2.24, 2.45) is 0 Å². The van der Waals surface area contributed by atoms with Gasteiger partial charge in [-0.25, -0.2) is 18.2 Å². The third-order valence-corrected chi connectivity index (χ3v) is 11.7. The molecule has 14 nitrogen and oxygen atoms in total. The maximum Gasteiger partial charge on any atom is 0.411 e. The maximum atomic E-state index is 15.2. The molecule has 276 valence electrons. The number of likely N-dealkylation sites (tertiary alicyclic amines) is 1. The Balaban J connectivity index is 1.43. The van der Waals surface area contributed by atoms with E-state index in [0.717, 1.165) is 32.5 Å². The molecule has 3 aromatic rings. The highest BCUT2D eigenvalue weighted by atomic mass is 32.2. The van der Waals surface area contributed by atoms with Crippen LogP contribution in [0.25, 0.3) is 0 Å². The molecule has 4 heterocycles. The van der Waals surface area contributed by atoms with Crippen LogP contribution in [0.1, 0.15) is 50.3 Å². The predicted molar refractivity (Wildman–Crippen MR) is 191 cm³/mol. The number of methoxy groups -OCH3 is 1. The van der Waals surface area contributed by atoms with Crippen molar-refractivity contribution in [1.82, 2.24) is 19.7 Å². The quantitative estimate of drug-likeness (QED) is 0.280. The summed E-state index contributed by atoms with van der Waals surface area (Å²) in [6.45, 7) is 10.9. The Morgan fingerprint density at radius 1 is 0.962 bits per heavy atom. The van der Waals surface area contributed by atoms with E-state index in [1.165, 1.54) is 60.7 Å². The first-order valence-electron chi connectivity index (χ1n) is 17.6. The van der Waals surface area contributed by atoms with Crippen LogP contribution in [0.4, 0.5) is 10.5 Å². The van der Waals surface area contributed by atoms with Gasteiger partial charge in [0.15, 0.2) is 0 Å². The van der Waals surface area contributed by atoms with E-state index >= 15 is 4.79 Å². The molecule has 2 fully saturated rings. The number of aromatic nitrogens is 1. The van der Waals surface area contributed by atoms with E-state index in [4.69, 9.17) is 18.9 Å². The van der Waals surface area contributed by atoms with Gasteiger partial charge < -0.3 is 28.7 Å². The summed E-state index contributed by atoms with van der Waals surface area (Å²) in [7, 11) is -3.31. The van der Waals surface area contributed by atoms with Gasteiger partial charge in [-0.3, -0.25) is 9.69 Å². The van der Waals surface area contributed by atoms with Crippen LogP contribution in [0.15, 0.2) is 59.6 Å². The number of anilines is 1. The van der Waals surface area contributed by atoms with Gasteiger partial charge in [0.2, 0.25) is 5.88 Å². The standard InChI is InChI=1S/C37H44N6O8S/c1-5-40-17-14-27(15-18-40)41-19-21-42(22-20-41)36(45)51-37(29-9-8-16-39-34(29)50-7-3)30-23-26(25-38)10-12-31(30)43(35(37)44)52(46,47)33-13-11-28(48-4)24-32(33)49-6-2/h8-13,16,23-24,27H,5-7,14-15,17-22H2,1-4H3. The summed E-state index contributed by atoms with van der Waals surface area (Å²) < 4.78 is 53.3. The number of sulfonamides is 1. The molecular formula is C37H44N6O8S. The molecule has 52 heavy (non-hydrogen) atoms. The normalized spacial score (nSPS) is 19.9. The molecule has 1 atom stereocenters. The highest BCUT2D eigenvalue weighted by molar-refractivity contribution is 7.93. The van der Waals surface area contributed by atoms with Gasteiger partial charge in [0.05, 0.1) is 43.2 Å². The van der Waals surface area contributed by atoms with Crippen molar-refractivity contribution in [3.05, 3.63) is 71.4 Å². The summed E-state index contributed by atoms with van der Waals surface area (Å²) in [5.41, 5.74) is -2.37. The molecule has 15 heteroatoms. The summed E-state index contributed by atoms with van der Waals surface area (Å²) in [6, 6.07) is 13.8. The Kier molecular flexibility index (Phi) is 10.9. The molecule has 0 bridgehead atoms. The molecule has 0 N–H and O–H groups in total. The van der Waals surface area contributed by atoms with Crippen LogP contribution in [0.3, 0.4) is 0 Å². The zero-order valence-electron chi connectivity index (χ0n) is 29.9. The molecular weight excluding hydrogens is 689 g/mol. The molecule has 2 aromatic carbocycles. The van der Waals surface area contributed by atoms with Gasteiger partial charge in [-0.15, -0.1) is 0 Å². The molecule has 6 rings (SSSR count). The zero-order chi connectivity index (χ0) is 37.0. The van der Waals surface area contributed by atoms with Crippen LogP contribution < -0.4 is 18.5 Å². The van der Waals surface area contributed by atoms with Crippen LogP contribution in [-0.4, -0.2) is 112 Å². The summed E-state index contributed by atoms with van der Waals surface area (Å²) >= 11 is 0. The minimum atomic E-state index is -4.75. The van der Waals surface area contributed by atoms with Gasteiger partial charge in [0, 0.05) is 50.0 Å². The minimum Gasteiger partial charge on any atom is -0.497 e. The molecule has 0 spiro atoms. The van der Waals surface area contributed by atoms with Gasteiger partial charge >= 0.3 is 6.09 Å². The summed E-state index contributed by atoms with van der Waals surface area (Å²) in [5, 5.41) is 9.95. The van der Waals surface area contributed by atoms with Crippen molar-refractivity contribution in [2.45, 2.75) is 50.2 Å². The molecule has 1 unspecified atom stereocenters. The van der Waals surface area contributed by atoms with E-state index < -0.39 is 27.6 Å². The number of hydrogen-bond acceptors (Lipinski definition) is 12. The Morgan fingerprint density at radius 2 is 1.69 bits per heavy atom. The van der Waals surface area contributed by atoms with E-state index in [1.54, 1.807) is 19.9 Å². The number of benzene rings is 2.